The van der Waals surface area contributed by atoms with E-state index in [0.717, 1.165) is 42.1 Å². The Kier molecular flexibility index (Phi) is 5.03. The van der Waals surface area contributed by atoms with Gasteiger partial charge in [-0.2, -0.15) is 5.10 Å². The smallest absolute Gasteiger partial charge is 0.231 e. The maximum atomic E-state index is 13.7. The van der Waals surface area contributed by atoms with Crippen molar-refractivity contribution in [2.75, 3.05) is 5.32 Å². The fourth-order valence-electron chi connectivity index (χ4n) is 6.80. The number of amides is 1. The van der Waals surface area contributed by atoms with Crippen molar-refractivity contribution in [1.82, 2.24) is 24.5 Å². The Morgan fingerprint density at radius 1 is 1.12 bits per heavy atom. The molecule has 2 atom stereocenters. The molecule has 0 spiro atoms. The predicted molar refractivity (Wildman–Crippen MR) is 127 cm³/mol. The molecule has 2 aromatic heterocycles. The molecule has 1 aromatic carbocycles. The van der Waals surface area contributed by atoms with Gasteiger partial charge in [-0.1, -0.05) is 12.1 Å². The number of nitrogens with one attached hydrogen (secondary N) is 1. The molecule has 172 valence electrons. The van der Waals surface area contributed by atoms with Crippen LogP contribution in [0.15, 0.2) is 46.0 Å². The van der Waals surface area contributed by atoms with Crippen LogP contribution in [0.1, 0.15) is 44.1 Å². The van der Waals surface area contributed by atoms with E-state index in [1.807, 2.05) is 10.9 Å². The fourth-order valence-corrected chi connectivity index (χ4v) is 7.48. The van der Waals surface area contributed by atoms with Gasteiger partial charge in [0.1, 0.15) is 12.1 Å². The standard InChI is InChI=1S/C23H23Br2FN6O/c24-18-11-31(10-14-1-3-17(26)4-2-14)29-19(18)28-20(33)22-6-15-5-16(7-22)9-23(8-15,12-22)32-13-27-21(25)30-32/h1-4,11,13,15-16H,5-10,12H2,(H,28,29,33). The van der Waals surface area contributed by atoms with Crippen molar-refractivity contribution in [3.05, 3.63) is 57.4 Å². The van der Waals surface area contributed by atoms with E-state index in [1.54, 1.807) is 23.1 Å². The van der Waals surface area contributed by atoms with E-state index in [9.17, 15) is 9.18 Å². The second-order valence-electron chi connectivity index (χ2n) is 10.0. The molecule has 0 saturated heterocycles. The first-order valence-electron chi connectivity index (χ1n) is 11.2. The van der Waals surface area contributed by atoms with Gasteiger partial charge in [0.2, 0.25) is 10.6 Å². The van der Waals surface area contributed by atoms with Crippen LogP contribution in [0.4, 0.5) is 10.2 Å². The zero-order valence-corrected chi connectivity index (χ0v) is 21.0. The summed E-state index contributed by atoms with van der Waals surface area (Å²) in [5, 5.41) is 12.3. The number of rotatable bonds is 5. The summed E-state index contributed by atoms with van der Waals surface area (Å²) < 4.78 is 18.3. The van der Waals surface area contributed by atoms with Gasteiger partial charge in [0.15, 0.2) is 5.82 Å². The summed E-state index contributed by atoms with van der Waals surface area (Å²) in [6, 6.07) is 6.35. The third-order valence-electron chi connectivity index (χ3n) is 7.67. The quantitative estimate of drug-likeness (QED) is 0.456. The highest BCUT2D eigenvalue weighted by molar-refractivity contribution is 9.10. The summed E-state index contributed by atoms with van der Waals surface area (Å²) in [6.07, 6.45) is 9.57. The van der Waals surface area contributed by atoms with Gasteiger partial charge in [-0.05, 0) is 99.9 Å². The molecule has 1 N–H and O–H groups in total. The third-order valence-corrected chi connectivity index (χ3v) is 8.61. The first-order chi connectivity index (χ1) is 15.8. The summed E-state index contributed by atoms with van der Waals surface area (Å²) in [6.45, 7) is 0.494. The maximum absolute atomic E-state index is 13.7. The van der Waals surface area contributed by atoms with Crippen LogP contribution in [-0.4, -0.2) is 30.5 Å². The zero-order chi connectivity index (χ0) is 22.8. The van der Waals surface area contributed by atoms with Gasteiger partial charge in [-0.25, -0.2) is 14.1 Å². The molecule has 3 aromatic rings. The highest BCUT2D eigenvalue weighted by Gasteiger charge is 2.61. The predicted octanol–water partition coefficient (Wildman–Crippen LogP) is 5.12. The Balaban J connectivity index is 1.24. The number of aromatic nitrogens is 5. The molecular weight excluding hydrogens is 555 g/mol. The minimum atomic E-state index is -0.414. The molecule has 4 aliphatic carbocycles. The van der Waals surface area contributed by atoms with E-state index in [-0.39, 0.29) is 17.3 Å². The van der Waals surface area contributed by atoms with E-state index < -0.39 is 5.41 Å². The van der Waals surface area contributed by atoms with Gasteiger partial charge in [0.05, 0.1) is 22.0 Å². The van der Waals surface area contributed by atoms with Gasteiger partial charge in [-0.15, -0.1) is 5.10 Å². The lowest BCUT2D eigenvalue weighted by Gasteiger charge is -2.60. The Labute approximate surface area is 207 Å². The zero-order valence-electron chi connectivity index (χ0n) is 17.8. The van der Waals surface area contributed by atoms with Crippen LogP contribution >= 0.6 is 31.9 Å². The van der Waals surface area contributed by atoms with Gasteiger partial charge < -0.3 is 5.32 Å². The summed E-state index contributed by atoms with van der Waals surface area (Å²) in [4.78, 5) is 18.0. The van der Waals surface area contributed by atoms with Crippen molar-refractivity contribution in [1.29, 1.82) is 0 Å². The minimum absolute atomic E-state index is 0.0490. The number of nitrogens with zero attached hydrogens (tertiary/aromatic N) is 5. The van der Waals surface area contributed by atoms with Gasteiger partial charge in [-0.3, -0.25) is 9.48 Å². The van der Waals surface area contributed by atoms with E-state index >= 15 is 0 Å². The topological polar surface area (TPSA) is 77.6 Å². The number of carbonyl (C=O) groups excluding carboxylic acids is 1. The van der Waals surface area contributed by atoms with Crippen LogP contribution in [0.25, 0.3) is 0 Å². The monoisotopic (exact) mass is 576 g/mol. The van der Waals surface area contributed by atoms with Crippen LogP contribution in [0.5, 0.6) is 0 Å². The van der Waals surface area contributed by atoms with Crippen molar-refractivity contribution in [2.45, 2.75) is 50.6 Å². The van der Waals surface area contributed by atoms with E-state index in [1.165, 1.54) is 18.6 Å². The SMILES string of the molecule is O=C(Nc1nn(Cc2ccc(F)cc2)cc1Br)C12CC3CC(C1)CC(n1cnc(Br)n1)(C3)C2. The molecule has 4 bridgehead atoms. The lowest BCUT2D eigenvalue weighted by Crippen LogP contribution is -2.60. The summed E-state index contributed by atoms with van der Waals surface area (Å²) in [5.74, 6) is 1.36. The number of hydrogen-bond donors (Lipinski definition) is 1. The first kappa shape index (κ1) is 21.5. The molecular formula is C23H23Br2FN6O. The Hall–Kier alpha value is -2.07. The molecule has 0 radical (unpaired) electrons. The Morgan fingerprint density at radius 3 is 2.52 bits per heavy atom. The van der Waals surface area contributed by atoms with Crippen LogP contribution in [0.3, 0.4) is 0 Å². The number of anilines is 1. The fraction of sp³-hybridized carbons (Fsp3) is 0.478. The molecule has 7 rings (SSSR count). The molecule has 4 saturated carbocycles. The average Bonchev–Trinajstić information content (AvgIpc) is 3.35. The largest absolute Gasteiger partial charge is 0.308 e. The lowest BCUT2D eigenvalue weighted by atomic mass is 9.46. The average molecular weight is 578 g/mol. The summed E-state index contributed by atoms with van der Waals surface area (Å²) >= 11 is 6.92. The summed E-state index contributed by atoms with van der Waals surface area (Å²) in [7, 11) is 0. The Bertz CT molecular complexity index is 1210. The van der Waals surface area contributed by atoms with E-state index in [0.29, 0.717) is 28.9 Å². The van der Waals surface area contributed by atoms with Gasteiger partial charge in [0.25, 0.3) is 0 Å². The van der Waals surface area contributed by atoms with Crippen molar-refractivity contribution in [3.8, 4) is 0 Å². The maximum Gasteiger partial charge on any atom is 0.231 e. The molecule has 33 heavy (non-hydrogen) atoms. The highest BCUT2D eigenvalue weighted by atomic mass is 79.9. The number of halogens is 3. The Morgan fingerprint density at radius 2 is 1.85 bits per heavy atom. The van der Waals surface area contributed by atoms with Crippen LogP contribution in [0.2, 0.25) is 0 Å². The summed E-state index contributed by atoms with van der Waals surface area (Å²) in [5.41, 5.74) is 0.383. The molecule has 4 fully saturated rings. The molecule has 0 aliphatic heterocycles. The molecule has 1 amide bonds. The van der Waals surface area contributed by atoms with Crippen molar-refractivity contribution in [2.24, 2.45) is 17.3 Å². The lowest BCUT2D eigenvalue weighted by molar-refractivity contribution is -0.150. The van der Waals surface area contributed by atoms with E-state index in [2.05, 4.69) is 52.4 Å². The van der Waals surface area contributed by atoms with Gasteiger partial charge >= 0.3 is 0 Å². The number of benzene rings is 1. The first-order valence-corrected chi connectivity index (χ1v) is 12.8. The van der Waals surface area contributed by atoms with Crippen LogP contribution in [0, 0.1) is 23.1 Å². The molecule has 2 heterocycles. The second-order valence-corrected chi connectivity index (χ2v) is 11.6. The normalized spacial score (nSPS) is 30.0. The minimum Gasteiger partial charge on any atom is -0.308 e. The van der Waals surface area contributed by atoms with Crippen molar-refractivity contribution >= 4 is 43.6 Å². The highest BCUT2D eigenvalue weighted by Crippen LogP contribution is 2.64. The number of hydrogen-bond acceptors (Lipinski definition) is 4. The molecule has 2 unspecified atom stereocenters. The second kappa shape index (κ2) is 7.73. The van der Waals surface area contributed by atoms with E-state index in [4.69, 9.17) is 0 Å². The molecule has 4 aliphatic rings. The third kappa shape index (κ3) is 3.75. The number of carbonyl (C=O) groups is 1. The molecule has 10 heteroatoms. The van der Waals surface area contributed by atoms with Crippen LogP contribution in [-0.2, 0) is 16.9 Å². The van der Waals surface area contributed by atoms with Gasteiger partial charge in [0, 0.05) is 6.20 Å². The van der Waals surface area contributed by atoms with Crippen molar-refractivity contribution in [3.63, 3.8) is 0 Å². The molecule has 7 nitrogen and oxygen atoms in total. The van der Waals surface area contributed by atoms with Crippen LogP contribution < -0.4 is 5.32 Å². The van der Waals surface area contributed by atoms with Crippen molar-refractivity contribution < 1.29 is 9.18 Å².